The maximum Gasteiger partial charge on any atom is 0.217 e. The Morgan fingerprint density at radius 3 is 2.64 bits per heavy atom. The van der Waals surface area contributed by atoms with Gasteiger partial charge < -0.3 is 5.32 Å². The Bertz CT molecular complexity index is 253. The van der Waals surface area contributed by atoms with Gasteiger partial charge in [-0.05, 0) is 46.0 Å². The maximum absolute atomic E-state index is 11.0. The fraction of sp³-hybridized carbons (Fsp3) is 0.750. The third kappa shape index (κ3) is 2.86. The number of hydrogen-bond acceptors (Lipinski definition) is 1. The van der Waals surface area contributed by atoms with Crippen molar-refractivity contribution in [1.82, 2.24) is 5.32 Å². The fourth-order valence-corrected chi connectivity index (χ4v) is 2.18. The van der Waals surface area contributed by atoms with Crippen LogP contribution in [0, 0.1) is 5.92 Å². The normalized spacial score (nSPS) is 22.9. The molecule has 0 saturated heterocycles. The van der Waals surface area contributed by atoms with E-state index in [1.807, 2.05) is 0 Å². The second-order valence-electron chi connectivity index (χ2n) is 4.92. The van der Waals surface area contributed by atoms with Gasteiger partial charge >= 0.3 is 0 Å². The highest BCUT2D eigenvalue weighted by atomic mass is 16.1. The van der Waals surface area contributed by atoms with Crippen LogP contribution in [0.25, 0.3) is 0 Å². The third-order valence-electron chi connectivity index (χ3n) is 3.16. The van der Waals surface area contributed by atoms with Gasteiger partial charge in [0.25, 0.3) is 0 Å². The van der Waals surface area contributed by atoms with Gasteiger partial charge in [-0.15, -0.1) is 0 Å². The summed E-state index contributed by atoms with van der Waals surface area (Å²) in [4.78, 5) is 11.0. The zero-order valence-electron chi connectivity index (χ0n) is 9.68. The predicted molar refractivity (Wildman–Crippen MR) is 59.0 cm³/mol. The molecule has 2 heteroatoms. The van der Waals surface area contributed by atoms with Crippen LogP contribution >= 0.6 is 0 Å². The SMILES string of the molecule is CC(=O)NC(C)(C)[C@@H]1CC=C(C)CC1. The van der Waals surface area contributed by atoms with Gasteiger partial charge in [0.05, 0.1) is 0 Å². The van der Waals surface area contributed by atoms with E-state index in [0.717, 1.165) is 6.42 Å². The second kappa shape index (κ2) is 4.16. The van der Waals surface area contributed by atoms with Crippen LogP contribution in [-0.2, 0) is 4.79 Å². The minimum atomic E-state index is -0.0664. The van der Waals surface area contributed by atoms with Crippen LogP contribution in [0.15, 0.2) is 11.6 Å². The highest BCUT2D eigenvalue weighted by molar-refractivity contribution is 5.73. The van der Waals surface area contributed by atoms with Crippen LogP contribution in [0.2, 0.25) is 0 Å². The first kappa shape index (κ1) is 11.3. The summed E-state index contributed by atoms with van der Waals surface area (Å²) in [5.74, 6) is 0.649. The zero-order chi connectivity index (χ0) is 10.8. The first-order valence-electron chi connectivity index (χ1n) is 5.36. The van der Waals surface area contributed by atoms with Gasteiger partial charge in [0.2, 0.25) is 5.91 Å². The molecular weight excluding hydrogens is 174 g/mol. The van der Waals surface area contributed by atoms with Crippen molar-refractivity contribution < 1.29 is 4.79 Å². The van der Waals surface area contributed by atoms with Gasteiger partial charge in [-0.3, -0.25) is 4.79 Å². The molecule has 0 spiro atoms. The fourth-order valence-electron chi connectivity index (χ4n) is 2.18. The van der Waals surface area contributed by atoms with Crippen molar-refractivity contribution in [2.45, 2.75) is 52.5 Å². The molecule has 2 nitrogen and oxygen atoms in total. The molecule has 0 aliphatic heterocycles. The van der Waals surface area contributed by atoms with Gasteiger partial charge in [0.15, 0.2) is 0 Å². The molecule has 1 rings (SSSR count). The number of allylic oxidation sites excluding steroid dienone is 2. The molecule has 0 radical (unpaired) electrons. The van der Waals surface area contributed by atoms with E-state index in [0.29, 0.717) is 5.92 Å². The van der Waals surface area contributed by atoms with Crippen LogP contribution in [0.1, 0.15) is 47.0 Å². The van der Waals surface area contributed by atoms with Crippen molar-refractivity contribution in [3.05, 3.63) is 11.6 Å². The molecule has 14 heavy (non-hydrogen) atoms. The lowest BCUT2D eigenvalue weighted by Crippen LogP contribution is -2.48. The van der Waals surface area contributed by atoms with E-state index in [1.54, 1.807) is 6.92 Å². The van der Waals surface area contributed by atoms with Gasteiger partial charge in [-0.25, -0.2) is 0 Å². The maximum atomic E-state index is 11.0. The van der Waals surface area contributed by atoms with Gasteiger partial charge in [0.1, 0.15) is 0 Å². The lowest BCUT2D eigenvalue weighted by atomic mass is 9.77. The summed E-state index contributed by atoms with van der Waals surface area (Å²) in [6.45, 7) is 8.01. The van der Waals surface area contributed by atoms with Gasteiger partial charge in [-0.1, -0.05) is 11.6 Å². The summed E-state index contributed by atoms with van der Waals surface area (Å²) in [5, 5.41) is 3.04. The predicted octanol–water partition coefficient (Wildman–Crippen LogP) is 2.65. The highest BCUT2D eigenvalue weighted by Gasteiger charge is 2.30. The van der Waals surface area contributed by atoms with Crippen LogP contribution in [0.5, 0.6) is 0 Å². The molecule has 0 bridgehead atoms. The van der Waals surface area contributed by atoms with Crippen molar-refractivity contribution in [3.63, 3.8) is 0 Å². The van der Waals surface area contributed by atoms with Crippen molar-refractivity contribution in [2.75, 3.05) is 0 Å². The van der Waals surface area contributed by atoms with Crippen LogP contribution in [-0.4, -0.2) is 11.4 Å². The summed E-state index contributed by atoms with van der Waals surface area (Å²) < 4.78 is 0. The Kier molecular flexibility index (Phi) is 3.35. The topological polar surface area (TPSA) is 29.1 Å². The van der Waals surface area contributed by atoms with Crippen LogP contribution < -0.4 is 5.32 Å². The Balaban J connectivity index is 2.60. The Morgan fingerprint density at radius 1 is 1.57 bits per heavy atom. The standard InChI is InChI=1S/C12H21NO/c1-9-5-7-11(8-6-9)12(3,4)13-10(2)14/h5,11H,6-8H2,1-4H3,(H,13,14)/t11-/m1/s1. The molecule has 0 heterocycles. The van der Waals surface area contributed by atoms with Crippen LogP contribution in [0.4, 0.5) is 0 Å². The van der Waals surface area contributed by atoms with Crippen LogP contribution in [0.3, 0.4) is 0 Å². The molecule has 0 saturated carbocycles. The summed E-state index contributed by atoms with van der Waals surface area (Å²) >= 11 is 0. The molecule has 1 aliphatic rings. The van der Waals surface area contributed by atoms with E-state index >= 15 is 0 Å². The molecule has 0 aromatic heterocycles. The summed E-state index contributed by atoms with van der Waals surface area (Å²) in [6.07, 6.45) is 5.76. The molecule has 80 valence electrons. The molecule has 0 fully saturated rings. The largest absolute Gasteiger partial charge is 0.351 e. The molecule has 0 aromatic carbocycles. The van der Waals surface area contributed by atoms with Crippen molar-refractivity contribution >= 4 is 5.91 Å². The molecule has 0 aromatic rings. The molecule has 0 unspecified atom stereocenters. The molecular formula is C12H21NO. The lowest BCUT2D eigenvalue weighted by molar-refractivity contribution is -0.121. The lowest BCUT2D eigenvalue weighted by Gasteiger charge is -2.36. The number of nitrogens with one attached hydrogen (secondary N) is 1. The van der Waals surface area contributed by atoms with E-state index in [4.69, 9.17) is 0 Å². The number of carbonyl (C=O) groups excluding carboxylic acids is 1. The van der Waals surface area contributed by atoms with Gasteiger partial charge in [-0.2, -0.15) is 0 Å². The Hall–Kier alpha value is -0.790. The summed E-state index contributed by atoms with van der Waals surface area (Å²) in [7, 11) is 0. The first-order chi connectivity index (χ1) is 6.42. The molecule has 1 N–H and O–H groups in total. The quantitative estimate of drug-likeness (QED) is 0.674. The van der Waals surface area contributed by atoms with E-state index < -0.39 is 0 Å². The highest BCUT2D eigenvalue weighted by Crippen LogP contribution is 2.31. The van der Waals surface area contributed by atoms with E-state index in [-0.39, 0.29) is 11.4 Å². The minimum Gasteiger partial charge on any atom is -0.351 e. The Labute approximate surface area is 86.8 Å². The zero-order valence-corrected chi connectivity index (χ0v) is 9.68. The monoisotopic (exact) mass is 195 g/mol. The number of rotatable bonds is 2. The van der Waals surface area contributed by atoms with E-state index in [9.17, 15) is 4.79 Å². The van der Waals surface area contributed by atoms with E-state index in [2.05, 4.69) is 32.2 Å². The second-order valence-corrected chi connectivity index (χ2v) is 4.92. The molecule has 1 aliphatic carbocycles. The average molecular weight is 195 g/mol. The third-order valence-corrected chi connectivity index (χ3v) is 3.16. The van der Waals surface area contributed by atoms with Gasteiger partial charge in [0, 0.05) is 12.5 Å². The van der Waals surface area contributed by atoms with Crippen molar-refractivity contribution in [3.8, 4) is 0 Å². The van der Waals surface area contributed by atoms with E-state index in [1.165, 1.54) is 18.4 Å². The summed E-state index contributed by atoms with van der Waals surface area (Å²) in [5.41, 5.74) is 1.42. The van der Waals surface area contributed by atoms with Crippen molar-refractivity contribution in [2.24, 2.45) is 5.92 Å². The smallest absolute Gasteiger partial charge is 0.217 e. The molecule has 1 amide bonds. The Morgan fingerprint density at radius 2 is 2.21 bits per heavy atom. The minimum absolute atomic E-state index is 0.0664. The summed E-state index contributed by atoms with van der Waals surface area (Å²) in [6, 6.07) is 0. The first-order valence-corrected chi connectivity index (χ1v) is 5.36. The van der Waals surface area contributed by atoms with Crippen molar-refractivity contribution in [1.29, 1.82) is 0 Å². The molecule has 1 atom stereocenters. The number of amides is 1. The average Bonchev–Trinajstić information content (AvgIpc) is 2.02. The number of hydrogen-bond donors (Lipinski definition) is 1. The number of carbonyl (C=O) groups is 1.